The fourth-order valence-electron chi connectivity index (χ4n) is 3.41. The summed E-state index contributed by atoms with van der Waals surface area (Å²) < 4.78 is 19.3. The van der Waals surface area contributed by atoms with Crippen LogP contribution >= 0.6 is 0 Å². The number of hydrogen-bond acceptors (Lipinski definition) is 4. The SMILES string of the molecule is Cc1ccc(N2C[C@H](C(=O)Nc3ccc4c(c3)NC(=O)[C@H](C)O4)CC2=O)cc1F. The van der Waals surface area contributed by atoms with Gasteiger partial charge in [0.1, 0.15) is 11.6 Å². The number of carbonyl (C=O) groups excluding carboxylic acids is 3. The van der Waals surface area contributed by atoms with E-state index in [1.165, 1.54) is 11.0 Å². The van der Waals surface area contributed by atoms with Crippen molar-refractivity contribution >= 4 is 34.8 Å². The van der Waals surface area contributed by atoms with Crippen molar-refractivity contribution in [3.8, 4) is 5.75 Å². The highest BCUT2D eigenvalue weighted by atomic mass is 19.1. The average molecular weight is 397 g/mol. The van der Waals surface area contributed by atoms with Crippen molar-refractivity contribution in [3.63, 3.8) is 0 Å². The van der Waals surface area contributed by atoms with Gasteiger partial charge in [-0.05, 0) is 49.7 Å². The first-order valence-electron chi connectivity index (χ1n) is 9.31. The lowest BCUT2D eigenvalue weighted by Crippen LogP contribution is -2.34. The van der Waals surface area contributed by atoms with E-state index in [4.69, 9.17) is 4.74 Å². The van der Waals surface area contributed by atoms with Crippen LogP contribution in [0.15, 0.2) is 36.4 Å². The highest BCUT2D eigenvalue weighted by Crippen LogP contribution is 2.33. The molecule has 2 N–H and O–H groups in total. The van der Waals surface area contributed by atoms with Gasteiger partial charge in [-0.25, -0.2) is 4.39 Å². The number of fused-ring (bicyclic) bond motifs is 1. The van der Waals surface area contributed by atoms with Gasteiger partial charge < -0.3 is 20.3 Å². The van der Waals surface area contributed by atoms with Crippen LogP contribution in [0.25, 0.3) is 0 Å². The summed E-state index contributed by atoms with van der Waals surface area (Å²) in [5.41, 5.74) is 1.90. The summed E-state index contributed by atoms with van der Waals surface area (Å²) in [4.78, 5) is 38.2. The Morgan fingerprint density at radius 3 is 2.79 bits per heavy atom. The number of nitrogens with one attached hydrogen (secondary N) is 2. The normalized spacial score (nSPS) is 20.7. The van der Waals surface area contributed by atoms with Crippen LogP contribution < -0.4 is 20.3 Å². The zero-order valence-electron chi connectivity index (χ0n) is 16.0. The molecule has 4 rings (SSSR count). The Bertz CT molecular complexity index is 1020. The zero-order valence-corrected chi connectivity index (χ0v) is 16.0. The highest BCUT2D eigenvalue weighted by Gasteiger charge is 2.35. The Labute approximate surface area is 166 Å². The van der Waals surface area contributed by atoms with Crippen molar-refractivity contribution in [2.75, 3.05) is 22.1 Å². The molecule has 2 heterocycles. The van der Waals surface area contributed by atoms with Crippen LogP contribution in [0.2, 0.25) is 0 Å². The molecule has 3 amide bonds. The van der Waals surface area contributed by atoms with Gasteiger partial charge in [-0.1, -0.05) is 6.07 Å². The summed E-state index contributed by atoms with van der Waals surface area (Å²) in [7, 11) is 0. The second kappa shape index (κ2) is 7.20. The third kappa shape index (κ3) is 3.65. The Morgan fingerprint density at radius 2 is 2.03 bits per heavy atom. The van der Waals surface area contributed by atoms with E-state index in [9.17, 15) is 18.8 Å². The predicted octanol–water partition coefficient (Wildman–Crippen LogP) is 2.85. The molecule has 8 heteroatoms. The summed E-state index contributed by atoms with van der Waals surface area (Å²) in [5.74, 6) is -1.23. The number of rotatable bonds is 3. The first-order chi connectivity index (χ1) is 13.8. The lowest BCUT2D eigenvalue weighted by molar-refractivity contribution is -0.122. The molecule has 7 nitrogen and oxygen atoms in total. The van der Waals surface area contributed by atoms with Crippen molar-refractivity contribution in [2.24, 2.45) is 5.92 Å². The smallest absolute Gasteiger partial charge is 0.265 e. The molecule has 2 aliphatic rings. The number of nitrogens with zero attached hydrogens (tertiary/aromatic N) is 1. The predicted molar refractivity (Wildman–Crippen MR) is 105 cm³/mol. The number of aryl methyl sites for hydroxylation is 1. The third-order valence-corrected chi connectivity index (χ3v) is 5.14. The first kappa shape index (κ1) is 18.9. The topological polar surface area (TPSA) is 87.7 Å². The van der Waals surface area contributed by atoms with E-state index < -0.39 is 17.8 Å². The monoisotopic (exact) mass is 397 g/mol. The molecular weight excluding hydrogens is 377 g/mol. The average Bonchev–Trinajstić information content (AvgIpc) is 3.07. The molecule has 0 aliphatic carbocycles. The molecule has 150 valence electrons. The van der Waals surface area contributed by atoms with E-state index in [0.29, 0.717) is 28.4 Å². The lowest BCUT2D eigenvalue weighted by atomic mass is 10.1. The Morgan fingerprint density at radius 1 is 1.24 bits per heavy atom. The van der Waals surface area contributed by atoms with Crippen LogP contribution in [0, 0.1) is 18.7 Å². The highest BCUT2D eigenvalue weighted by molar-refractivity contribution is 6.04. The summed E-state index contributed by atoms with van der Waals surface area (Å²) in [6.07, 6.45) is -0.533. The van der Waals surface area contributed by atoms with Gasteiger partial charge in [-0.2, -0.15) is 0 Å². The minimum atomic E-state index is -0.579. The maximum Gasteiger partial charge on any atom is 0.265 e. The van der Waals surface area contributed by atoms with Gasteiger partial charge in [-0.15, -0.1) is 0 Å². The molecular formula is C21H20FN3O4. The maximum absolute atomic E-state index is 13.8. The van der Waals surface area contributed by atoms with Crippen molar-refractivity contribution in [2.45, 2.75) is 26.4 Å². The Kier molecular flexibility index (Phi) is 4.70. The van der Waals surface area contributed by atoms with Crippen LogP contribution in [0.4, 0.5) is 21.5 Å². The molecule has 2 atom stereocenters. The van der Waals surface area contributed by atoms with Gasteiger partial charge in [0.05, 0.1) is 11.6 Å². The van der Waals surface area contributed by atoms with E-state index in [0.717, 1.165) is 0 Å². The number of benzene rings is 2. The van der Waals surface area contributed by atoms with Gasteiger partial charge in [0.2, 0.25) is 11.8 Å². The minimum absolute atomic E-state index is 0.0453. The quantitative estimate of drug-likeness (QED) is 0.834. The zero-order chi connectivity index (χ0) is 20.7. The van der Waals surface area contributed by atoms with E-state index in [2.05, 4.69) is 10.6 Å². The van der Waals surface area contributed by atoms with Crippen LogP contribution in [0.5, 0.6) is 5.75 Å². The lowest BCUT2D eigenvalue weighted by Gasteiger charge is -2.24. The van der Waals surface area contributed by atoms with Crippen molar-refractivity contribution in [1.82, 2.24) is 0 Å². The van der Waals surface area contributed by atoms with Gasteiger partial charge in [-0.3, -0.25) is 14.4 Å². The molecule has 1 saturated heterocycles. The van der Waals surface area contributed by atoms with E-state index in [1.807, 2.05) is 0 Å². The molecule has 2 aromatic rings. The van der Waals surface area contributed by atoms with Gasteiger partial charge in [0, 0.05) is 24.3 Å². The largest absolute Gasteiger partial charge is 0.479 e. The molecule has 29 heavy (non-hydrogen) atoms. The molecule has 1 fully saturated rings. The number of anilines is 3. The number of hydrogen-bond donors (Lipinski definition) is 2. The van der Waals surface area contributed by atoms with Gasteiger partial charge >= 0.3 is 0 Å². The molecule has 2 aliphatic heterocycles. The molecule has 0 unspecified atom stereocenters. The van der Waals surface area contributed by atoms with Crippen molar-refractivity contribution in [3.05, 3.63) is 47.8 Å². The van der Waals surface area contributed by atoms with Crippen molar-refractivity contribution < 1.29 is 23.5 Å². The second-order valence-electron chi connectivity index (χ2n) is 7.29. The van der Waals surface area contributed by atoms with Crippen molar-refractivity contribution in [1.29, 1.82) is 0 Å². The Balaban J connectivity index is 1.45. The second-order valence-corrected chi connectivity index (χ2v) is 7.29. The van der Waals surface area contributed by atoms with E-state index in [1.54, 1.807) is 44.2 Å². The van der Waals surface area contributed by atoms with Gasteiger partial charge in [0.15, 0.2) is 6.10 Å². The summed E-state index contributed by atoms with van der Waals surface area (Å²) in [5, 5.41) is 5.50. The Hall–Kier alpha value is -3.42. The summed E-state index contributed by atoms with van der Waals surface area (Å²) in [6.45, 7) is 3.47. The number of carbonyl (C=O) groups is 3. The van der Waals surface area contributed by atoms with Crippen LogP contribution in [0.1, 0.15) is 18.9 Å². The summed E-state index contributed by atoms with van der Waals surface area (Å²) >= 11 is 0. The summed E-state index contributed by atoms with van der Waals surface area (Å²) in [6, 6.07) is 9.54. The molecule has 2 aromatic carbocycles. The molecule has 0 spiro atoms. The fourth-order valence-corrected chi connectivity index (χ4v) is 3.41. The minimum Gasteiger partial charge on any atom is -0.479 e. The molecule has 0 radical (unpaired) electrons. The standard InChI is InChI=1S/C21H20FN3O4/c1-11-3-5-15(9-16(11)22)25-10-13(7-19(25)26)21(28)23-14-4-6-18-17(8-14)24-20(27)12(2)29-18/h3-6,8-9,12-13H,7,10H2,1-2H3,(H,23,28)(H,24,27)/t12-,13+/m0/s1. The van der Waals surface area contributed by atoms with Crippen LogP contribution in [-0.4, -0.2) is 30.4 Å². The van der Waals surface area contributed by atoms with Crippen LogP contribution in [-0.2, 0) is 14.4 Å². The number of amides is 3. The third-order valence-electron chi connectivity index (χ3n) is 5.14. The number of ether oxygens (including phenoxy) is 1. The van der Waals surface area contributed by atoms with E-state index >= 15 is 0 Å². The maximum atomic E-state index is 13.8. The fraction of sp³-hybridized carbons (Fsp3) is 0.286. The molecule has 0 saturated carbocycles. The number of halogens is 1. The van der Waals surface area contributed by atoms with Gasteiger partial charge in [0.25, 0.3) is 5.91 Å². The molecule has 0 bridgehead atoms. The van der Waals surface area contributed by atoms with E-state index in [-0.39, 0.29) is 30.7 Å². The molecule has 0 aromatic heterocycles. The van der Waals surface area contributed by atoms with Crippen LogP contribution in [0.3, 0.4) is 0 Å². The first-order valence-corrected chi connectivity index (χ1v) is 9.31.